The molecule has 2 aromatic carbocycles. The lowest BCUT2D eigenvalue weighted by Crippen LogP contribution is -2.43. The van der Waals surface area contributed by atoms with E-state index in [1.54, 1.807) is 43.3 Å². The van der Waals surface area contributed by atoms with Gasteiger partial charge in [0.2, 0.25) is 0 Å². The van der Waals surface area contributed by atoms with Crippen LogP contribution in [-0.2, 0) is 16.0 Å². The van der Waals surface area contributed by atoms with Gasteiger partial charge in [-0.15, -0.1) is 0 Å². The zero-order chi connectivity index (χ0) is 17.5. The molecular weight excluding hydrogens is 330 g/mol. The number of esters is 1. The number of hydrogen-bond donors (Lipinski definition) is 2. The highest BCUT2D eigenvalue weighted by molar-refractivity contribution is 6.30. The first-order chi connectivity index (χ1) is 11.5. The van der Waals surface area contributed by atoms with E-state index >= 15 is 0 Å². The Kier molecular flexibility index (Phi) is 6.21. The van der Waals surface area contributed by atoms with Crippen LogP contribution in [0.15, 0.2) is 48.5 Å². The molecular formula is C18H18ClNO4. The maximum Gasteiger partial charge on any atom is 0.328 e. The number of amides is 1. The summed E-state index contributed by atoms with van der Waals surface area (Å²) in [6.45, 7) is 1.93. The molecule has 5 nitrogen and oxygen atoms in total. The van der Waals surface area contributed by atoms with Gasteiger partial charge in [-0.05, 0) is 48.9 Å². The maximum atomic E-state index is 12.3. The van der Waals surface area contributed by atoms with Crippen molar-refractivity contribution >= 4 is 23.5 Å². The van der Waals surface area contributed by atoms with Crippen molar-refractivity contribution in [1.29, 1.82) is 0 Å². The normalized spacial score (nSPS) is 11.6. The Morgan fingerprint density at radius 1 is 1.12 bits per heavy atom. The summed E-state index contributed by atoms with van der Waals surface area (Å²) in [5, 5.41) is 12.5. The predicted molar refractivity (Wildman–Crippen MR) is 91.2 cm³/mol. The van der Waals surface area contributed by atoms with E-state index in [4.69, 9.17) is 16.3 Å². The summed E-state index contributed by atoms with van der Waals surface area (Å²) in [6, 6.07) is 12.0. The number of phenols is 1. The van der Waals surface area contributed by atoms with Crippen LogP contribution in [0, 0.1) is 0 Å². The molecule has 0 aliphatic carbocycles. The molecule has 1 amide bonds. The average Bonchev–Trinajstić information content (AvgIpc) is 2.57. The minimum Gasteiger partial charge on any atom is -0.508 e. The summed E-state index contributed by atoms with van der Waals surface area (Å²) in [4.78, 5) is 24.4. The smallest absolute Gasteiger partial charge is 0.328 e. The third-order valence-corrected chi connectivity index (χ3v) is 3.61. The number of benzene rings is 2. The molecule has 0 aliphatic rings. The van der Waals surface area contributed by atoms with Crippen LogP contribution < -0.4 is 5.32 Å². The van der Waals surface area contributed by atoms with Crippen LogP contribution in [-0.4, -0.2) is 29.6 Å². The highest BCUT2D eigenvalue weighted by Crippen LogP contribution is 2.13. The van der Waals surface area contributed by atoms with Gasteiger partial charge >= 0.3 is 5.97 Å². The lowest BCUT2D eigenvalue weighted by Gasteiger charge is -2.17. The second-order valence-corrected chi connectivity index (χ2v) is 5.59. The van der Waals surface area contributed by atoms with Gasteiger partial charge in [-0.1, -0.05) is 23.7 Å². The largest absolute Gasteiger partial charge is 0.508 e. The molecule has 2 aromatic rings. The minimum absolute atomic E-state index is 0.136. The van der Waals surface area contributed by atoms with E-state index in [0.717, 1.165) is 5.56 Å². The highest BCUT2D eigenvalue weighted by atomic mass is 35.5. The van der Waals surface area contributed by atoms with Crippen molar-refractivity contribution in [2.45, 2.75) is 19.4 Å². The van der Waals surface area contributed by atoms with E-state index in [0.29, 0.717) is 10.6 Å². The van der Waals surface area contributed by atoms with Gasteiger partial charge in [0.05, 0.1) is 6.61 Å². The van der Waals surface area contributed by atoms with Gasteiger partial charge in [0.15, 0.2) is 0 Å². The van der Waals surface area contributed by atoms with Crippen molar-refractivity contribution in [3.63, 3.8) is 0 Å². The van der Waals surface area contributed by atoms with Gasteiger partial charge < -0.3 is 15.2 Å². The standard InChI is InChI=1S/C18H18ClNO4/c1-2-24-18(23)16(11-12-3-9-15(21)10-4-12)20-17(22)13-5-7-14(19)8-6-13/h3-10,16,21H,2,11H2,1H3,(H,20,22)/t16-/m0/s1. The first kappa shape index (κ1) is 17.8. The zero-order valence-electron chi connectivity index (χ0n) is 13.2. The van der Waals surface area contributed by atoms with Gasteiger partial charge in [-0.2, -0.15) is 0 Å². The van der Waals surface area contributed by atoms with E-state index in [2.05, 4.69) is 5.32 Å². The van der Waals surface area contributed by atoms with Crippen molar-refractivity contribution in [1.82, 2.24) is 5.32 Å². The van der Waals surface area contributed by atoms with Crippen molar-refractivity contribution in [3.8, 4) is 5.75 Å². The van der Waals surface area contributed by atoms with Gasteiger partial charge in [0.1, 0.15) is 11.8 Å². The van der Waals surface area contributed by atoms with Crippen LogP contribution in [0.5, 0.6) is 5.75 Å². The van der Waals surface area contributed by atoms with Gasteiger partial charge in [0, 0.05) is 17.0 Å². The summed E-state index contributed by atoms with van der Waals surface area (Å²) in [5.41, 5.74) is 1.20. The third-order valence-electron chi connectivity index (χ3n) is 3.36. The Hall–Kier alpha value is -2.53. The number of carbonyl (C=O) groups excluding carboxylic acids is 2. The van der Waals surface area contributed by atoms with E-state index < -0.39 is 12.0 Å². The minimum atomic E-state index is -0.822. The molecule has 0 fully saturated rings. The van der Waals surface area contributed by atoms with Crippen molar-refractivity contribution in [3.05, 3.63) is 64.7 Å². The Labute approximate surface area is 145 Å². The third kappa shape index (κ3) is 4.99. The van der Waals surface area contributed by atoms with Crippen LogP contribution in [0.4, 0.5) is 0 Å². The van der Waals surface area contributed by atoms with E-state index in [1.807, 2.05) is 0 Å². The molecule has 126 valence electrons. The molecule has 1 atom stereocenters. The fourth-order valence-corrected chi connectivity index (χ4v) is 2.27. The Bertz CT molecular complexity index is 698. The molecule has 0 aromatic heterocycles. The van der Waals surface area contributed by atoms with Crippen LogP contribution >= 0.6 is 11.6 Å². The molecule has 0 saturated carbocycles. The highest BCUT2D eigenvalue weighted by Gasteiger charge is 2.23. The molecule has 0 radical (unpaired) electrons. The number of ether oxygens (including phenoxy) is 1. The Morgan fingerprint density at radius 3 is 2.33 bits per heavy atom. The zero-order valence-corrected chi connectivity index (χ0v) is 13.9. The number of hydrogen-bond acceptors (Lipinski definition) is 4. The number of halogens is 1. The van der Waals surface area contributed by atoms with Gasteiger partial charge in [-0.25, -0.2) is 4.79 Å². The molecule has 24 heavy (non-hydrogen) atoms. The molecule has 0 unspecified atom stereocenters. The van der Waals surface area contributed by atoms with Crippen molar-refractivity contribution in [2.24, 2.45) is 0 Å². The van der Waals surface area contributed by atoms with Crippen molar-refractivity contribution in [2.75, 3.05) is 6.61 Å². The van der Waals surface area contributed by atoms with E-state index in [-0.39, 0.29) is 24.7 Å². The van der Waals surface area contributed by atoms with Crippen LogP contribution in [0.1, 0.15) is 22.8 Å². The number of nitrogens with one attached hydrogen (secondary N) is 1. The maximum absolute atomic E-state index is 12.3. The summed E-state index contributed by atoms with van der Waals surface area (Å²) >= 11 is 5.81. The molecule has 0 saturated heterocycles. The summed E-state index contributed by atoms with van der Waals surface area (Å²) in [6.07, 6.45) is 0.262. The monoisotopic (exact) mass is 347 g/mol. The number of phenolic OH excluding ortho intramolecular Hbond substituents is 1. The number of aromatic hydroxyl groups is 1. The van der Waals surface area contributed by atoms with Crippen LogP contribution in [0.25, 0.3) is 0 Å². The molecule has 2 rings (SSSR count). The van der Waals surface area contributed by atoms with E-state index in [9.17, 15) is 14.7 Å². The summed E-state index contributed by atoms with van der Waals surface area (Å²) in [5.74, 6) is -0.756. The quantitative estimate of drug-likeness (QED) is 0.788. The van der Waals surface area contributed by atoms with Crippen LogP contribution in [0.2, 0.25) is 5.02 Å². The Balaban J connectivity index is 2.13. The molecule has 0 spiro atoms. The first-order valence-corrected chi connectivity index (χ1v) is 7.88. The van der Waals surface area contributed by atoms with Gasteiger partial charge in [0.25, 0.3) is 5.91 Å². The molecule has 0 heterocycles. The second kappa shape index (κ2) is 8.36. The summed E-state index contributed by atoms with van der Waals surface area (Å²) < 4.78 is 5.03. The molecule has 2 N–H and O–H groups in total. The second-order valence-electron chi connectivity index (χ2n) is 5.16. The number of rotatable bonds is 6. The van der Waals surface area contributed by atoms with Gasteiger partial charge in [-0.3, -0.25) is 4.79 Å². The summed E-state index contributed by atoms with van der Waals surface area (Å²) in [7, 11) is 0. The molecule has 6 heteroatoms. The fraction of sp³-hybridized carbons (Fsp3) is 0.222. The number of carbonyl (C=O) groups is 2. The van der Waals surface area contributed by atoms with Crippen molar-refractivity contribution < 1.29 is 19.4 Å². The average molecular weight is 348 g/mol. The SMILES string of the molecule is CCOC(=O)[C@H](Cc1ccc(O)cc1)NC(=O)c1ccc(Cl)cc1. The lowest BCUT2D eigenvalue weighted by molar-refractivity contribution is -0.145. The first-order valence-electron chi connectivity index (χ1n) is 7.50. The fourth-order valence-electron chi connectivity index (χ4n) is 2.15. The predicted octanol–water partition coefficient (Wildman–Crippen LogP) is 2.95. The Morgan fingerprint density at radius 2 is 1.75 bits per heavy atom. The van der Waals surface area contributed by atoms with E-state index in [1.165, 1.54) is 12.1 Å². The molecule has 0 bridgehead atoms. The topological polar surface area (TPSA) is 75.6 Å². The molecule has 0 aliphatic heterocycles. The lowest BCUT2D eigenvalue weighted by atomic mass is 10.1. The van der Waals surface area contributed by atoms with Crippen LogP contribution in [0.3, 0.4) is 0 Å².